The van der Waals surface area contributed by atoms with Gasteiger partial charge in [0.05, 0.1) is 19.3 Å². The Morgan fingerprint density at radius 3 is 1.31 bits per heavy atom. The summed E-state index contributed by atoms with van der Waals surface area (Å²) in [6.07, 6.45) is 4.03. The number of hydrogen-bond acceptors (Lipinski definition) is 4. The summed E-state index contributed by atoms with van der Waals surface area (Å²) in [5.41, 5.74) is 2.61. The normalized spacial score (nSPS) is 34.2. The van der Waals surface area contributed by atoms with E-state index in [-0.39, 0.29) is 21.6 Å². The summed E-state index contributed by atoms with van der Waals surface area (Å²) in [6, 6.07) is 0. The van der Waals surface area contributed by atoms with Crippen LogP contribution in [0.25, 0.3) is 0 Å². The minimum Gasteiger partial charge on any atom is -0.223 e. The highest BCUT2D eigenvalue weighted by molar-refractivity contribution is 8.00. The molecule has 1 saturated carbocycles. The molecule has 6 heteroatoms. The lowest BCUT2D eigenvalue weighted by Crippen LogP contribution is -2.37. The van der Waals surface area contributed by atoms with E-state index >= 15 is 0 Å². The third-order valence-electron chi connectivity index (χ3n) is 6.94. The van der Waals surface area contributed by atoms with Crippen LogP contribution in [0.15, 0.2) is 21.0 Å². The quantitative estimate of drug-likeness (QED) is 0.521. The van der Waals surface area contributed by atoms with Gasteiger partial charge >= 0.3 is 0 Å². The lowest BCUT2D eigenvalue weighted by molar-refractivity contribution is 0.535. The molecule has 0 saturated heterocycles. The molecule has 4 aliphatic rings. The molecule has 0 aromatic heterocycles. The zero-order chi connectivity index (χ0) is 19.4. The van der Waals surface area contributed by atoms with E-state index < -0.39 is 29.2 Å². The van der Waals surface area contributed by atoms with E-state index in [1.807, 2.05) is 0 Å². The number of allylic oxidation sites excluding steroid dienone is 4. The van der Waals surface area contributed by atoms with Crippen molar-refractivity contribution in [3.8, 4) is 0 Å². The zero-order valence-electron chi connectivity index (χ0n) is 16.6. The van der Waals surface area contributed by atoms with Crippen molar-refractivity contribution in [3.05, 3.63) is 21.0 Å². The largest absolute Gasteiger partial charge is 0.223 e. The summed E-state index contributed by atoms with van der Waals surface area (Å²) < 4.78 is 51.9. The van der Waals surface area contributed by atoms with Crippen LogP contribution in [0.1, 0.15) is 67.2 Å². The van der Waals surface area contributed by atoms with Crippen LogP contribution in [0.5, 0.6) is 0 Å². The second-order valence-electron chi connectivity index (χ2n) is 10.4. The molecule has 0 unspecified atom stereocenters. The maximum atomic E-state index is 13.5. The lowest BCUT2D eigenvalue weighted by Gasteiger charge is -2.33. The fourth-order valence-corrected chi connectivity index (χ4v) is 9.61. The van der Waals surface area contributed by atoms with Gasteiger partial charge in [0.25, 0.3) is 0 Å². The summed E-state index contributed by atoms with van der Waals surface area (Å²) in [5, 5.41) is 0. The molecule has 0 radical (unpaired) electrons. The van der Waals surface area contributed by atoms with Gasteiger partial charge in [-0.2, -0.15) is 0 Å². The molecular weight excluding hydrogens is 368 g/mol. The molecule has 0 aromatic rings. The van der Waals surface area contributed by atoms with Gasteiger partial charge in [0.2, 0.25) is 0 Å². The number of sulfone groups is 2. The first-order chi connectivity index (χ1) is 11.7. The Kier molecular flexibility index (Phi) is 3.64. The molecule has 4 bridgehead atoms. The van der Waals surface area contributed by atoms with E-state index in [0.29, 0.717) is 18.3 Å². The third-order valence-corrected chi connectivity index (χ3v) is 12.5. The third kappa shape index (κ3) is 2.12. The SMILES string of the molecule is CC(C)(C)S(=O)(=O)C1=C(S(=O)(=O)C(C)(C)C)[C@H]2C[C@@H]1C1=C2[C@H]2CC[C@@H]1C2. The number of rotatable bonds is 2. The maximum absolute atomic E-state index is 13.5. The highest BCUT2D eigenvalue weighted by atomic mass is 32.2. The first-order valence-corrected chi connectivity index (χ1v) is 12.6. The minimum atomic E-state index is -3.69. The van der Waals surface area contributed by atoms with E-state index in [0.717, 1.165) is 19.3 Å². The van der Waals surface area contributed by atoms with Crippen LogP contribution in [-0.4, -0.2) is 26.3 Å². The van der Waals surface area contributed by atoms with Crippen molar-refractivity contribution in [1.29, 1.82) is 0 Å². The number of fused-ring (bicyclic) bond motifs is 8. The summed E-state index contributed by atoms with van der Waals surface area (Å²) in [6.45, 7) is 10.1. The predicted octanol–water partition coefficient (Wildman–Crippen LogP) is 4.00. The Labute approximate surface area is 158 Å². The fourth-order valence-electron chi connectivity index (χ4n) is 5.62. The Hall–Kier alpha value is -0.620. The molecule has 146 valence electrons. The van der Waals surface area contributed by atoms with Gasteiger partial charge in [-0.1, -0.05) is 11.1 Å². The number of hydrogen-bond donors (Lipinski definition) is 0. The van der Waals surface area contributed by atoms with Crippen molar-refractivity contribution >= 4 is 19.7 Å². The molecule has 0 spiro atoms. The summed E-state index contributed by atoms with van der Waals surface area (Å²) in [5.74, 6) is 0.575. The fraction of sp³-hybridized carbons (Fsp3) is 0.800. The summed E-state index contributed by atoms with van der Waals surface area (Å²) in [4.78, 5) is 0.493. The molecule has 0 N–H and O–H groups in total. The standard InChI is InChI=1S/C20H30O4S2/c1-19(2,3)25(21,22)17-13-10-14(18(17)26(23,24)20(4,5)6)16-12-8-7-11(9-12)15(13)16/h11-14H,7-10H2,1-6H3/t11-,12+,13-,14+. The average molecular weight is 399 g/mol. The Bertz CT molecular complexity index is 874. The Morgan fingerprint density at radius 1 is 0.654 bits per heavy atom. The van der Waals surface area contributed by atoms with Crippen molar-refractivity contribution in [2.24, 2.45) is 23.7 Å². The van der Waals surface area contributed by atoms with Crippen LogP contribution in [-0.2, 0) is 19.7 Å². The van der Waals surface area contributed by atoms with Crippen LogP contribution in [0, 0.1) is 23.7 Å². The highest BCUT2D eigenvalue weighted by Gasteiger charge is 2.61. The van der Waals surface area contributed by atoms with Gasteiger partial charge in [-0.3, -0.25) is 0 Å². The topological polar surface area (TPSA) is 68.3 Å². The van der Waals surface area contributed by atoms with E-state index in [1.54, 1.807) is 41.5 Å². The zero-order valence-corrected chi connectivity index (χ0v) is 18.2. The maximum Gasteiger partial charge on any atom is 0.181 e. The predicted molar refractivity (Wildman–Crippen MR) is 104 cm³/mol. The van der Waals surface area contributed by atoms with Gasteiger partial charge < -0.3 is 0 Å². The van der Waals surface area contributed by atoms with Crippen LogP contribution < -0.4 is 0 Å². The molecule has 4 nitrogen and oxygen atoms in total. The minimum absolute atomic E-state index is 0.193. The van der Waals surface area contributed by atoms with Gasteiger partial charge in [0.15, 0.2) is 19.7 Å². The molecule has 26 heavy (non-hydrogen) atoms. The van der Waals surface area contributed by atoms with Crippen molar-refractivity contribution in [2.45, 2.75) is 76.7 Å². The van der Waals surface area contributed by atoms with Crippen LogP contribution in [0.2, 0.25) is 0 Å². The lowest BCUT2D eigenvalue weighted by atomic mass is 9.85. The van der Waals surface area contributed by atoms with E-state index in [4.69, 9.17) is 0 Å². The molecule has 0 amide bonds. The molecule has 0 aliphatic heterocycles. The smallest absolute Gasteiger partial charge is 0.181 e. The van der Waals surface area contributed by atoms with Gasteiger partial charge in [-0.25, -0.2) is 16.8 Å². The summed E-state index contributed by atoms with van der Waals surface area (Å²) in [7, 11) is -7.38. The second kappa shape index (κ2) is 5.05. The van der Waals surface area contributed by atoms with Gasteiger partial charge in [0, 0.05) is 11.8 Å². The van der Waals surface area contributed by atoms with Gasteiger partial charge in [0.1, 0.15) is 0 Å². The van der Waals surface area contributed by atoms with Gasteiger partial charge in [-0.15, -0.1) is 0 Å². The van der Waals surface area contributed by atoms with Crippen LogP contribution in [0.4, 0.5) is 0 Å². The van der Waals surface area contributed by atoms with Crippen molar-refractivity contribution < 1.29 is 16.8 Å². The highest BCUT2D eigenvalue weighted by Crippen LogP contribution is 2.67. The molecule has 4 aliphatic carbocycles. The van der Waals surface area contributed by atoms with E-state index in [9.17, 15) is 16.8 Å². The molecule has 0 aromatic carbocycles. The molecular formula is C20H30O4S2. The van der Waals surface area contributed by atoms with Crippen molar-refractivity contribution in [2.75, 3.05) is 0 Å². The van der Waals surface area contributed by atoms with E-state index in [1.165, 1.54) is 11.1 Å². The molecule has 1 fully saturated rings. The second-order valence-corrected chi connectivity index (χ2v) is 15.8. The Balaban J connectivity index is 1.98. The molecule has 0 heterocycles. The van der Waals surface area contributed by atoms with Crippen molar-refractivity contribution in [3.63, 3.8) is 0 Å². The van der Waals surface area contributed by atoms with E-state index in [2.05, 4.69) is 0 Å². The van der Waals surface area contributed by atoms with Gasteiger partial charge in [-0.05, 0) is 79.1 Å². The summed E-state index contributed by atoms with van der Waals surface area (Å²) >= 11 is 0. The Morgan fingerprint density at radius 2 is 1.00 bits per heavy atom. The van der Waals surface area contributed by atoms with Crippen LogP contribution in [0.3, 0.4) is 0 Å². The first-order valence-electron chi connectivity index (χ1n) is 9.66. The van der Waals surface area contributed by atoms with Crippen LogP contribution >= 0.6 is 0 Å². The van der Waals surface area contributed by atoms with Crippen molar-refractivity contribution in [1.82, 2.24) is 0 Å². The molecule has 4 rings (SSSR count). The molecule has 4 atom stereocenters. The first kappa shape index (κ1) is 18.7. The monoisotopic (exact) mass is 398 g/mol. The average Bonchev–Trinajstić information content (AvgIpc) is 3.21.